The van der Waals surface area contributed by atoms with Crippen LogP contribution in [0.3, 0.4) is 0 Å². The second kappa shape index (κ2) is 10.0. The van der Waals surface area contributed by atoms with Crippen LogP contribution in [0.5, 0.6) is 0 Å². The molecule has 0 radical (unpaired) electrons. The van der Waals surface area contributed by atoms with Crippen molar-refractivity contribution in [2.45, 2.75) is 134 Å². The van der Waals surface area contributed by atoms with Crippen LogP contribution < -0.4 is 5.73 Å². The van der Waals surface area contributed by atoms with Gasteiger partial charge in [-0.25, -0.2) is 4.99 Å². The van der Waals surface area contributed by atoms with Crippen molar-refractivity contribution in [3.05, 3.63) is 0 Å². The molecule has 2 N–H and O–H groups in total. The highest BCUT2D eigenvalue weighted by molar-refractivity contribution is 6.07. The summed E-state index contributed by atoms with van der Waals surface area (Å²) in [7, 11) is 0. The second-order valence-corrected chi connectivity index (χ2v) is 11.1. The number of aliphatic imine (C=N–C) groups is 1. The Hall–Kier alpha value is -1.06. The van der Waals surface area contributed by atoms with Gasteiger partial charge in [-0.05, 0) is 56.8 Å². The fourth-order valence-electron chi connectivity index (χ4n) is 7.06. The Kier molecular flexibility index (Phi) is 7.41. The zero-order chi connectivity index (χ0) is 21.0. The van der Waals surface area contributed by atoms with Crippen LogP contribution in [0.25, 0.3) is 0 Å². The van der Waals surface area contributed by atoms with Gasteiger partial charge in [0.2, 0.25) is 0 Å². The van der Waals surface area contributed by atoms with Gasteiger partial charge in [0.1, 0.15) is 5.54 Å². The third-order valence-corrected chi connectivity index (χ3v) is 8.97. The first kappa shape index (κ1) is 22.1. The number of hydrogen-bond acceptors (Lipinski definition) is 3. The van der Waals surface area contributed by atoms with Gasteiger partial charge >= 0.3 is 0 Å². The number of rotatable bonds is 7. The first-order valence-corrected chi connectivity index (χ1v) is 13.3. The zero-order valence-electron chi connectivity index (χ0n) is 19.4. The van der Waals surface area contributed by atoms with Crippen molar-refractivity contribution in [1.82, 2.24) is 4.90 Å². The molecule has 1 heterocycles. The maximum atomic E-state index is 14.0. The molecule has 2 atom stereocenters. The van der Waals surface area contributed by atoms with Crippen LogP contribution in [0.15, 0.2) is 4.99 Å². The number of guanidine groups is 1. The van der Waals surface area contributed by atoms with Crippen molar-refractivity contribution in [2.24, 2.45) is 28.5 Å². The van der Waals surface area contributed by atoms with Gasteiger partial charge in [-0.3, -0.25) is 9.69 Å². The minimum atomic E-state index is -0.563. The molecule has 0 bridgehead atoms. The van der Waals surface area contributed by atoms with Crippen LogP contribution in [0.4, 0.5) is 0 Å². The Balaban J connectivity index is 1.50. The molecule has 4 rings (SSSR count). The van der Waals surface area contributed by atoms with E-state index in [0.29, 0.717) is 17.8 Å². The number of carbonyl (C=O) groups is 1. The lowest BCUT2D eigenvalue weighted by molar-refractivity contribution is -0.134. The summed E-state index contributed by atoms with van der Waals surface area (Å²) in [6, 6.07) is 0.199. The summed E-state index contributed by atoms with van der Waals surface area (Å²) in [6.45, 7) is 2.23. The molecular formula is C26H45N3O. The van der Waals surface area contributed by atoms with Gasteiger partial charge in [-0.1, -0.05) is 83.5 Å². The van der Waals surface area contributed by atoms with E-state index in [1.165, 1.54) is 96.3 Å². The molecule has 0 spiro atoms. The topological polar surface area (TPSA) is 58.7 Å². The Morgan fingerprint density at radius 2 is 1.43 bits per heavy atom. The van der Waals surface area contributed by atoms with Gasteiger partial charge in [0.05, 0.1) is 0 Å². The molecule has 0 aromatic rings. The summed E-state index contributed by atoms with van der Waals surface area (Å²) in [6.07, 6.45) is 22.7. The molecule has 3 saturated carbocycles. The van der Waals surface area contributed by atoms with E-state index in [1.807, 2.05) is 4.90 Å². The fourth-order valence-corrected chi connectivity index (χ4v) is 7.06. The van der Waals surface area contributed by atoms with E-state index in [9.17, 15) is 4.79 Å². The van der Waals surface area contributed by atoms with Gasteiger partial charge in [0.15, 0.2) is 5.96 Å². The highest BCUT2D eigenvalue weighted by atomic mass is 16.2. The number of nitrogens with zero attached hydrogens (tertiary/aromatic N) is 2. The Morgan fingerprint density at radius 3 is 2.03 bits per heavy atom. The summed E-state index contributed by atoms with van der Waals surface area (Å²) in [4.78, 5) is 21.0. The molecule has 170 valence electrons. The Morgan fingerprint density at radius 1 is 0.900 bits per heavy atom. The second-order valence-electron chi connectivity index (χ2n) is 11.1. The minimum absolute atomic E-state index is 0.199. The zero-order valence-corrected chi connectivity index (χ0v) is 19.4. The molecule has 4 aliphatic rings. The highest BCUT2D eigenvalue weighted by Gasteiger charge is 2.50. The van der Waals surface area contributed by atoms with Crippen LogP contribution in [0.1, 0.15) is 122 Å². The van der Waals surface area contributed by atoms with E-state index >= 15 is 0 Å². The monoisotopic (exact) mass is 415 g/mol. The molecule has 1 amide bonds. The van der Waals surface area contributed by atoms with Crippen molar-refractivity contribution in [2.75, 3.05) is 0 Å². The predicted molar refractivity (Wildman–Crippen MR) is 124 cm³/mol. The first-order chi connectivity index (χ1) is 14.6. The average Bonchev–Trinajstić information content (AvgIpc) is 3.03. The molecule has 3 aliphatic carbocycles. The lowest BCUT2D eigenvalue weighted by Gasteiger charge is -2.37. The molecular weight excluding hydrogens is 370 g/mol. The van der Waals surface area contributed by atoms with Crippen LogP contribution in [-0.2, 0) is 4.79 Å². The molecule has 3 fully saturated rings. The minimum Gasteiger partial charge on any atom is -0.369 e. The molecule has 30 heavy (non-hydrogen) atoms. The van der Waals surface area contributed by atoms with E-state index in [-0.39, 0.29) is 11.9 Å². The van der Waals surface area contributed by atoms with Crippen molar-refractivity contribution in [3.8, 4) is 0 Å². The largest absolute Gasteiger partial charge is 0.369 e. The average molecular weight is 416 g/mol. The summed E-state index contributed by atoms with van der Waals surface area (Å²) in [5, 5.41) is 0. The number of amides is 1. The third-order valence-electron chi connectivity index (χ3n) is 8.97. The number of hydrogen-bond donors (Lipinski definition) is 1. The Bertz CT molecular complexity index is 599. The molecule has 1 aliphatic heterocycles. The SMILES string of the molecule is C[C@@H](C1CCCCC1)N1C(=O)[C@@](CCC2CCCCC2)(CC2CCCCC2)N=C1N. The maximum Gasteiger partial charge on any atom is 0.257 e. The van der Waals surface area contributed by atoms with Crippen LogP contribution in [0, 0.1) is 17.8 Å². The lowest BCUT2D eigenvalue weighted by atomic mass is 9.75. The quantitative estimate of drug-likeness (QED) is 0.539. The van der Waals surface area contributed by atoms with Gasteiger partial charge in [-0.15, -0.1) is 0 Å². The molecule has 0 aromatic carbocycles. The standard InChI is InChI=1S/C26H45N3O/c1-20(23-15-9-4-10-16-23)29-24(30)26(28-25(29)27,19-22-13-7-3-8-14-22)18-17-21-11-5-2-6-12-21/h20-23H,2-19H2,1H3,(H2,27,28)/t20-,26+/m0/s1. The van der Waals surface area contributed by atoms with Gasteiger partial charge in [0, 0.05) is 6.04 Å². The van der Waals surface area contributed by atoms with E-state index < -0.39 is 5.54 Å². The van der Waals surface area contributed by atoms with Crippen LogP contribution in [-0.4, -0.2) is 28.3 Å². The molecule has 0 unspecified atom stereocenters. The molecule has 4 nitrogen and oxygen atoms in total. The van der Waals surface area contributed by atoms with Gasteiger partial charge in [0.25, 0.3) is 5.91 Å². The van der Waals surface area contributed by atoms with Gasteiger partial charge < -0.3 is 5.73 Å². The van der Waals surface area contributed by atoms with E-state index in [4.69, 9.17) is 10.7 Å². The Labute approximate surface area is 184 Å². The number of nitrogens with two attached hydrogens (primary N) is 1. The normalized spacial score (nSPS) is 31.2. The molecule has 0 aromatic heterocycles. The molecule has 0 saturated heterocycles. The van der Waals surface area contributed by atoms with Crippen LogP contribution >= 0.6 is 0 Å². The third kappa shape index (κ3) is 4.88. The lowest BCUT2D eigenvalue weighted by Crippen LogP contribution is -2.51. The molecule has 4 heteroatoms. The van der Waals surface area contributed by atoms with Crippen molar-refractivity contribution in [1.29, 1.82) is 0 Å². The summed E-state index contributed by atoms with van der Waals surface area (Å²) in [5.41, 5.74) is 5.96. The van der Waals surface area contributed by atoms with E-state index in [1.54, 1.807) is 0 Å². The summed E-state index contributed by atoms with van der Waals surface area (Å²) in [5.74, 6) is 2.80. The van der Waals surface area contributed by atoms with Crippen molar-refractivity contribution in [3.63, 3.8) is 0 Å². The number of carbonyl (C=O) groups excluding carboxylic acids is 1. The predicted octanol–water partition coefficient (Wildman–Crippen LogP) is 6.18. The van der Waals surface area contributed by atoms with Crippen LogP contribution in [0.2, 0.25) is 0 Å². The summed E-state index contributed by atoms with van der Waals surface area (Å²) < 4.78 is 0. The first-order valence-electron chi connectivity index (χ1n) is 13.3. The highest BCUT2D eigenvalue weighted by Crippen LogP contribution is 2.42. The fraction of sp³-hybridized carbons (Fsp3) is 0.923. The van der Waals surface area contributed by atoms with Crippen molar-refractivity contribution >= 4 is 11.9 Å². The smallest absolute Gasteiger partial charge is 0.257 e. The van der Waals surface area contributed by atoms with Gasteiger partial charge in [-0.2, -0.15) is 0 Å². The van der Waals surface area contributed by atoms with E-state index in [2.05, 4.69) is 6.92 Å². The summed E-state index contributed by atoms with van der Waals surface area (Å²) >= 11 is 0. The maximum absolute atomic E-state index is 14.0. The van der Waals surface area contributed by atoms with E-state index in [0.717, 1.165) is 25.2 Å². The van der Waals surface area contributed by atoms with Crippen molar-refractivity contribution < 1.29 is 4.79 Å².